The van der Waals surface area contributed by atoms with Gasteiger partial charge in [0.15, 0.2) is 0 Å². The van der Waals surface area contributed by atoms with Gasteiger partial charge in [0.25, 0.3) is 5.91 Å². The number of hydrogen-bond donors (Lipinski definition) is 0. The van der Waals surface area contributed by atoms with Crippen molar-refractivity contribution in [2.75, 3.05) is 38.2 Å². The first kappa shape index (κ1) is 21.1. The molecular weight excluding hydrogens is 411 g/mol. The van der Waals surface area contributed by atoms with Gasteiger partial charge in [-0.2, -0.15) is 10.2 Å². The summed E-state index contributed by atoms with van der Waals surface area (Å²) in [5.74, 6) is 0.822. The monoisotopic (exact) mass is 432 g/mol. The summed E-state index contributed by atoms with van der Waals surface area (Å²) in [7, 11) is 1.61. The zero-order chi connectivity index (χ0) is 22.5. The highest BCUT2D eigenvalue weighted by Gasteiger charge is 2.26. The van der Waals surface area contributed by atoms with Crippen molar-refractivity contribution >= 4 is 23.9 Å². The Labute approximate surface area is 185 Å². The van der Waals surface area contributed by atoms with Gasteiger partial charge in [0.05, 0.1) is 7.11 Å². The van der Waals surface area contributed by atoms with Crippen LogP contribution in [0.1, 0.15) is 27.5 Å². The largest absolute Gasteiger partial charge is 0.497 e. The SMILES string of the molecule is COc1ccc(/C=C/c2nc(C#N)c(N3CCN(C(=O)c4cccc(F)c4)CC3)o2)cc1. The summed E-state index contributed by atoms with van der Waals surface area (Å²) in [6.07, 6.45) is 3.54. The van der Waals surface area contributed by atoms with Gasteiger partial charge in [0.1, 0.15) is 17.6 Å². The molecule has 7 nitrogen and oxygen atoms in total. The summed E-state index contributed by atoms with van der Waals surface area (Å²) in [5, 5.41) is 9.48. The lowest BCUT2D eigenvalue weighted by molar-refractivity contribution is 0.0745. The highest BCUT2D eigenvalue weighted by molar-refractivity contribution is 5.94. The van der Waals surface area contributed by atoms with Crippen LogP contribution in [-0.4, -0.2) is 49.1 Å². The van der Waals surface area contributed by atoms with E-state index in [1.54, 1.807) is 24.2 Å². The summed E-state index contributed by atoms with van der Waals surface area (Å²) in [4.78, 5) is 20.4. The Balaban J connectivity index is 1.43. The molecule has 0 saturated carbocycles. The van der Waals surface area contributed by atoms with Crippen molar-refractivity contribution in [2.45, 2.75) is 0 Å². The average molecular weight is 432 g/mol. The number of halogens is 1. The number of carbonyl (C=O) groups is 1. The van der Waals surface area contributed by atoms with Crippen LogP contribution in [0.5, 0.6) is 5.75 Å². The molecule has 0 N–H and O–H groups in total. The first-order chi connectivity index (χ1) is 15.6. The summed E-state index contributed by atoms with van der Waals surface area (Å²) < 4.78 is 24.4. The molecule has 1 fully saturated rings. The van der Waals surface area contributed by atoms with E-state index in [1.807, 2.05) is 35.2 Å². The number of nitrogens with zero attached hydrogens (tertiary/aromatic N) is 4. The average Bonchev–Trinajstić information content (AvgIpc) is 3.26. The molecule has 1 saturated heterocycles. The number of carbonyl (C=O) groups excluding carboxylic acids is 1. The van der Waals surface area contributed by atoms with E-state index in [-0.39, 0.29) is 11.6 Å². The van der Waals surface area contributed by atoms with Crippen molar-refractivity contribution in [3.05, 3.63) is 77.1 Å². The lowest BCUT2D eigenvalue weighted by Crippen LogP contribution is -2.48. The molecule has 0 aliphatic carbocycles. The zero-order valence-corrected chi connectivity index (χ0v) is 17.5. The van der Waals surface area contributed by atoms with E-state index in [4.69, 9.17) is 9.15 Å². The fraction of sp³-hybridized carbons (Fsp3) is 0.208. The van der Waals surface area contributed by atoms with Crippen LogP contribution in [0.3, 0.4) is 0 Å². The predicted molar refractivity (Wildman–Crippen MR) is 118 cm³/mol. The van der Waals surface area contributed by atoms with Crippen LogP contribution in [0.25, 0.3) is 12.2 Å². The smallest absolute Gasteiger partial charge is 0.254 e. The van der Waals surface area contributed by atoms with E-state index in [9.17, 15) is 14.4 Å². The Hall–Kier alpha value is -4.12. The number of methoxy groups -OCH3 is 1. The van der Waals surface area contributed by atoms with E-state index in [0.29, 0.717) is 43.5 Å². The third-order valence-corrected chi connectivity index (χ3v) is 5.19. The molecular formula is C24H21FN4O3. The van der Waals surface area contributed by atoms with E-state index in [0.717, 1.165) is 11.3 Å². The second-order valence-electron chi connectivity index (χ2n) is 7.21. The Bertz CT molecular complexity index is 1170. The van der Waals surface area contributed by atoms with E-state index in [2.05, 4.69) is 11.1 Å². The molecule has 162 valence electrons. The van der Waals surface area contributed by atoms with Crippen molar-refractivity contribution in [1.29, 1.82) is 5.26 Å². The van der Waals surface area contributed by atoms with Crippen LogP contribution in [0.15, 0.2) is 52.9 Å². The molecule has 1 aliphatic rings. The molecule has 3 aromatic rings. The van der Waals surface area contributed by atoms with Crippen molar-refractivity contribution in [2.24, 2.45) is 0 Å². The Morgan fingerprint density at radius 1 is 1.16 bits per heavy atom. The molecule has 2 heterocycles. The van der Waals surface area contributed by atoms with Gasteiger partial charge in [0, 0.05) is 37.8 Å². The molecule has 0 radical (unpaired) electrons. The third-order valence-electron chi connectivity index (χ3n) is 5.19. The topological polar surface area (TPSA) is 82.6 Å². The first-order valence-corrected chi connectivity index (χ1v) is 10.1. The minimum atomic E-state index is -0.440. The van der Waals surface area contributed by atoms with Crippen LogP contribution in [-0.2, 0) is 0 Å². The molecule has 32 heavy (non-hydrogen) atoms. The summed E-state index contributed by atoms with van der Waals surface area (Å²) in [6, 6.07) is 15.3. The highest BCUT2D eigenvalue weighted by Crippen LogP contribution is 2.25. The van der Waals surface area contributed by atoms with Crippen molar-refractivity contribution in [3.63, 3.8) is 0 Å². The Morgan fingerprint density at radius 2 is 1.91 bits per heavy atom. The number of hydrogen-bond acceptors (Lipinski definition) is 6. The maximum Gasteiger partial charge on any atom is 0.254 e. The molecule has 1 amide bonds. The number of rotatable bonds is 5. The van der Waals surface area contributed by atoms with Gasteiger partial charge < -0.3 is 19.0 Å². The van der Waals surface area contributed by atoms with Gasteiger partial charge in [-0.25, -0.2) is 4.39 Å². The molecule has 0 bridgehead atoms. The zero-order valence-electron chi connectivity index (χ0n) is 17.5. The van der Waals surface area contributed by atoms with Gasteiger partial charge >= 0.3 is 0 Å². The molecule has 4 rings (SSSR count). The van der Waals surface area contributed by atoms with Crippen molar-refractivity contribution in [1.82, 2.24) is 9.88 Å². The van der Waals surface area contributed by atoms with E-state index >= 15 is 0 Å². The number of aromatic nitrogens is 1. The van der Waals surface area contributed by atoms with E-state index < -0.39 is 5.82 Å². The third kappa shape index (κ3) is 4.62. The normalized spacial score (nSPS) is 13.9. The standard InChI is InChI=1S/C24H21FN4O3/c1-31-20-8-5-17(6-9-20)7-10-22-27-21(16-26)24(32-22)29-13-11-28(12-14-29)23(30)18-3-2-4-19(25)15-18/h2-10,15H,11-14H2,1H3/b10-7+. The van der Waals surface area contributed by atoms with E-state index in [1.165, 1.54) is 18.2 Å². The number of ether oxygens (including phenoxy) is 1. The lowest BCUT2D eigenvalue weighted by Gasteiger charge is -2.34. The van der Waals surface area contributed by atoms with Crippen molar-refractivity contribution < 1.29 is 18.3 Å². The fourth-order valence-electron chi connectivity index (χ4n) is 3.49. The molecule has 8 heteroatoms. The highest BCUT2D eigenvalue weighted by atomic mass is 19.1. The minimum absolute atomic E-state index is 0.198. The summed E-state index contributed by atoms with van der Waals surface area (Å²) in [5.41, 5.74) is 1.46. The van der Waals surface area contributed by atoms with Crippen molar-refractivity contribution in [3.8, 4) is 11.8 Å². The number of oxazole rings is 1. The molecule has 1 aromatic heterocycles. The summed E-state index contributed by atoms with van der Waals surface area (Å²) in [6.45, 7) is 1.81. The number of anilines is 1. The molecule has 0 spiro atoms. The molecule has 1 aliphatic heterocycles. The van der Waals surface area contributed by atoms with Crippen LogP contribution >= 0.6 is 0 Å². The van der Waals surface area contributed by atoms with Gasteiger partial charge in [-0.3, -0.25) is 4.79 Å². The maximum atomic E-state index is 13.4. The van der Waals surface area contributed by atoms with Crippen LogP contribution in [0.2, 0.25) is 0 Å². The quantitative estimate of drug-likeness (QED) is 0.610. The summed E-state index contributed by atoms with van der Waals surface area (Å²) >= 11 is 0. The second-order valence-corrected chi connectivity index (χ2v) is 7.21. The number of piperazine rings is 1. The molecule has 2 aromatic carbocycles. The molecule has 0 unspecified atom stereocenters. The maximum absolute atomic E-state index is 13.4. The number of amides is 1. The Kier molecular flexibility index (Phi) is 6.17. The van der Waals surface area contributed by atoms with Crippen LogP contribution in [0, 0.1) is 17.1 Å². The first-order valence-electron chi connectivity index (χ1n) is 10.1. The van der Waals surface area contributed by atoms with Gasteiger partial charge in [-0.15, -0.1) is 0 Å². The fourth-order valence-corrected chi connectivity index (χ4v) is 3.49. The number of benzene rings is 2. The number of nitriles is 1. The predicted octanol–water partition coefficient (Wildman–Crippen LogP) is 3.83. The van der Waals surface area contributed by atoms with Crippen LogP contribution in [0.4, 0.5) is 10.3 Å². The second kappa shape index (κ2) is 9.35. The van der Waals surface area contributed by atoms with Gasteiger partial charge in [-0.1, -0.05) is 18.2 Å². The van der Waals surface area contributed by atoms with Gasteiger partial charge in [0.2, 0.25) is 17.5 Å². The Morgan fingerprint density at radius 3 is 2.56 bits per heavy atom. The van der Waals surface area contributed by atoms with Crippen LogP contribution < -0.4 is 9.64 Å². The van der Waals surface area contributed by atoms with Gasteiger partial charge in [-0.05, 0) is 42.0 Å². The lowest BCUT2D eigenvalue weighted by atomic mass is 10.1. The minimum Gasteiger partial charge on any atom is -0.497 e. The molecule has 0 atom stereocenters.